The molecule has 2 unspecified atom stereocenters. The average molecular weight is 312 g/mol. The highest BCUT2D eigenvalue weighted by Crippen LogP contribution is 2.25. The van der Waals surface area contributed by atoms with Crippen LogP contribution in [0.1, 0.15) is 19.8 Å². The van der Waals surface area contributed by atoms with Crippen LogP contribution < -0.4 is 5.32 Å². The third-order valence-corrected chi connectivity index (χ3v) is 3.33. The molecule has 1 heterocycles. The summed E-state index contributed by atoms with van der Waals surface area (Å²) in [5.41, 5.74) is 0. The maximum Gasteiger partial charge on any atom is 0.475 e. The van der Waals surface area contributed by atoms with Gasteiger partial charge in [0.2, 0.25) is 5.91 Å². The quantitative estimate of drug-likeness (QED) is 0.468. The van der Waals surface area contributed by atoms with Gasteiger partial charge in [-0.3, -0.25) is 9.59 Å². The normalized spacial score (nSPS) is 23.9. The van der Waals surface area contributed by atoms with E-state index >= 15 is 0 Å². The summed E-state index contributed by atoms with van der Waals surface area (Å²) in [6, 6.07) is -2.23. The number of amides is 2. The Morgan fingerprint density at radius 3 is 2.38 bits per heavy atom. The molecule has 2 amide bonds. The van der Waals surface area contributed by atoms with Crippen LogP contribution in [0, 0.1) is 0 Å². The monoisotopic (exact) mass is 312 g/mol. The highest BCUT2D eigenvalue weighted by Gasteiger charge is 2.45. The first-order chi connectivity index (χ1) is 9.59. The van der Waals surface area contributed by atoms with Gasteiger partial charge in [-0.25, -0.2) is 0 Å². The minimum Gasteiger partial charge on any atom is -0.426 e. The highest BCUT2D eigenvalue weighted by molar-refractivity contribution is 6.43. The SMILES string of the molecule is C[C@@H](NC(=O)C(F)(F)F)C(=O)N1C(CO)CCC1B(O)O. The molecule has 0 spiro atoms. The molecule has 1 rings (SSSR count). The van der Waals surface area contributed by atoms with Crippen LogP contribution in [-0.4, -0.2) is 69.8 Å². The second-order valence-electron chi connectivity index (χ2n) is 4.83. The molecule has 0 aliphatic carbocycles. The van der Waals surface area contributed by atoms with E-state index in [2.05, 4.69) is 0 Å². The zero-order chi connectivity index (χ0) is 16.4. The van der Waals surface area contributed by atoms with Crippen LogP contribution in [0.25, 0.3) is 0 Å². The fraction of sp³-hybridized carbons (Fsp3) is 0.800. The van der Waals surface area contributed by atoms with Crippen molar-refractivity contribution in [2.45, 2.75) is 44.0 Å². The molecule has 0 bridgehead atoms. The minimum atomic E-state index is -5.12. The Kier molecular flexibility index (Phi) is 5.59. The summed E-state index contributed by atoms with van der Waals surface area (Å²) in [7, 11) is -1.88. The molecule has 1 fully saturated rings. The average Bonchev–Trinajstić information content (AvgIpc) is 2.80. The molecule has 1 aliphatic heterocycles. The van der Waals surface area contributed by atoms with Gasteiger partial charge in [-0.1, -0.05) is 0 Å². The van der Waals surface area contributed by atoms with Gasteiger partial charge >= 0.3 is 19.2 Å². The van der Waals surface area contributed by atoms with Crippen molar-refractivity contribution < 1.29 is 37.9 Å². The van der Waals surface area contributed by atoms with Crippen LogP contribution in [0.15, 0.2) is 0 Å². The van der Waals surface area contributed by atoms with Crippen molar-refractivity contribution in [1.82, 2.24) is 10.2 Å². The Bertz CT molecular complexity index is 407. The van der Waals surface area contributed by atoms with Crippen molar-refractivity contribution in [3.05, 3.63) is 0 Å². The number of rotatable bonds is 4. The van der Waals surface area contributed by atoms with E-state index in [1.165, 1.54) is 5.32 Å². The zero-order valence-electron chi connectivity index (χ0n) is 11.2. The van der Waals surface area contributed by atoms with E-state index in [0.29, 0.717) is 0 Å². The van der Waals surface area contributed by atoms with Crippen molar-refractivity contribution >= 4 is 18.9 Å². The molecule has 0 aromatic heterocycles. The van der Waals surface area contributed by atoms with Crippen molar-refractivity contribution in [3.8, 4) is 0 Å². The van der Waals surface area contributed by atoms with E-state index in [4.69, 9.17) is 5.11 Å². The zero-order valence-corrected chi connectivity index (χ0v) is 11.2. The molecule has 7 nitrogen and oxygen atoms in total. The summed E-state index contributed by atoms with van der Waals surface area (Å²) in [4.78, 5) is 23.8. The number of nitrogens with zero attached hydrogens (tertiary/aromatic N) is 1. The van der Waals surface area contributed by atoms with Crippen LogP contribution >= 0.6 is 0 Å². The van der Waals surface area contributed by atoms with Crippen molar-refractivity contribution in [1.29, 1.82) is 0 Å². The van der Waals surface area contributed by atoms with E-state index in [1.807, 2.05) is 0 Å². The maximum absolute atomic E-state index is 12.1. The third-order valence-electron chi connectivity index (χ3n) is 3.33. The number of aliphatic hydroxyl groups excluding tert-OH is 1. The molecule has 4 N–H and O–H groups in total. The van der Waals surface area contributed by atoms with Crippen LogP contribution in [0.2, 0.25) is 0 Å². The summed E-state index contributed by atoms with van der Waals surface area (Å²) < 4.78 is 36.4. The van der Waals surface area contributed by atoms with Gasteiger partial charge in [0.25, 0.3) is 0 Å². The molecule has 0 aromatic rings. The van der Waals surface area contributed by atoms with Crippen molar-refractivity contribution in [2.75, 3.05) is 6.61 Å². The summed E-state index contributed by atoms with van der Waals surface area (Å²) in [6.07, 6.45) is -4.65. The van der Waals surface area contributed by atoms with Crippen LogP contribution in [0.4, 0.5) is 13.2 Å². The number of hydrogen-bond acceptors (Lipinski definition) is 5. The fourth-order valence-electron chi connectivity index (χ4n) is 2.29. The number of aliphatic hydroxyl groups is 1. The van der Waals surface area contributed by atoms with Gasteiger partial charge in [-0.15, -0.1) is 0 Å². The second kappa shape index (κ2) is 6.63. The lowest BCUT2D eigenvalue weighted by Gasteiger charge is -2.31. The third kappa shape index (κ3) is 4.08. The number of nitrogens with one attached hydrogen (secondary N) is 1. The van der Waals surface area contributed by atoms with E-state index in [9.17, 15) is 32.8 Å². The molecule has 0 aromatic carbocycles. The summed E-state index contributed by atoms with van der Waals surface area (Å²) >= 11 is 0. The predicted molar refractivity (Wildman–Crippen MR) is 64.6 cm³/mol. The Hall–Kier alpha value is -1.33. The first-order valence-electron chi connectivity index (χ1n) is 6.26. The van der Waals surface area contributed by atoms with E-state index in [-0.39, 0.29) is 12.8 Å². The number of alkyl halides is 3. The number of hydrogen-bond donors (Lipinski definition) is 4. The molecular weight excluding hydrogens is 296 g/mol. The molecule has 1 saturated heterocycles. The smallest absolute Gasteiger partial charge is 0.426 e. The molecule has 3 atom stereocenters. The minimum absolute atomic E-state index is 0.189. The maximum atomic E-state index is 12.1. The Balaban J connectivity index is 2.81. The molecule has 1 aliphatic rings. The Labute approximate surface area is 118 Å². The van der Waals surface area contributed by atoms with Gasteiger partial charge in [0.05, 0.1) is 18.6 Å². The van der Waals surface area contributed by atoms with E-state index < -0.39 is 49.7 Å². The van der Waals surface area contributed by atoms with Crippen molar-refractivity contribution in [2.24, 2.45) is 0 Å². The topological polar surface area (TPSA) is 110 Å². The van der Waals surface area contributed by atoms with Crippen LogP contribution in [0.5, 0.6) is 0 Å². The van der Waals surface area contributed by atoms with Crippen LogP contribution in [-0.2, 0) is 9.59 Å². The Morgan fingerprint density at radius 2 is 1.95 bits per heavy atom. The number of halogens is 3. The Morgan fingerprint density at radius 1 is 1.38 bits per heavy atom. The molecular formula is C10H16BF3N2O5. The molecule has 120 valence electrons. The summed E-state index contributed by atoms with van der Waals surface area (Å²) in [6.45, 7) is 0.592. The van der Waals surface area contributed by atoms with Gasteiger partial charge in [-0.05, 0) is 19.8 Å². The lowest BCUT2D eigenvalue weighted by molar-refractivity contribution is -0.175. The largest absolute Gasteiger partial charge is 0.475 e. The molecule has 11 heteroatoms. The first kappa shape index (κ1) is 17.7. The van der Waals surface area contributed by atoms with Gasteiger partial charge in [-0.2, -0.15) is 13.2 Å². The van der Waals surface area contributed by atoms with E-state index in [0.717, 1.165) is 11.8 Å². The predicted octanol–water partition coefficient (Wildman–Crippen LogP) is -1.58. The van der Waals surface area contributed by atoms with Crippen LogP contribution in [0.3, 0.4) is 0 Å². The molecule has 21 heavy (non-hydrogen) atoms. The van der Waals surface area contributed by atoms with Gasteiger partial charge in [0, 0.05) is 0 Å². The van der Waals surface area contributed by atoms with Gasteiger partial charge in [0.1, 0.15) is 6.04 Å². The second-order valence-corrected chi connectivity index (χ2v) is 4.83. The number of likely N-dealkylation sites (tertiary alicyclic amines) is 1. The highest BCUT2D eigenvalue weighted by atomic mass is 19.4. The molecule has 0 radical (unpaired) electrons. The van der Waals surface area contributed by atoms with Gasteiger partial charge < -0.3 is 25.4 Å². The lowest BCUT2D eigenvalue weighted by Crippen LogP contribution is -2.57. The summed E-state index contributed by atoms with van der Waals surface area (Å²) in [5.74, 6) is -4.20. The molecule has 0 saturated carbocycles. The summed E-state index contributed by atoms with van der Waals surface area (Å²) in [5, 5.41) is 29.0. The number of carbonyl (C=O) groups is 2. The van der Waals surface area contributed by atoms with E-state index in [1.54, 1.807) is 0 Å². The number of carbonyl (C=O) groups excluding carboxylic acids is 2. The van der Waals surface area contributed by atoms with Gasteiger partial charge in [0.15, 0.2) is 0 Å². The lowest BCUT2D eigenvalue weighted by atomic mass is 9.78. The standard InChI is InChI=1S/C10H16BF3N2O5/c1-5(15-9(19)10(12,13)14)8(18)16-6(4-17)2-3-7(16)11(20)21/h5-7,17,20-21H,2-4H2,1H3,(H,15,19)/t5-,6?,7?/m1/s1. The fourth-order valence-corrected chi connectivity index (χ4v) is 2.29. The first-order valence-corrected chi connectivity index (χ1v) is 6.26. The van der Waals surface area contributed by atoms with Crippen molar-refractivity contribution in [3.63, 3.8) is 0 Å².